The van der Waals surface area contributed by atoms with Crippen molar-refractivity contribution in [2.24, 2.45) is 0 Å². The predicted molar refractivity (Wildman–Crippen MR) is 120 cm³/mol. The maximum Gasteiger partial charge on any atom is 1.00 e. The van der Waals surface area contributed by atoms with Crippen LogP contribution < -0.4 is 66.0 Å². The van der Waals surface area contributed by atoms with Crippen molar-refractivity contribution in [3.8, 4) is 34.1 Å². The largest absolute Gasteiger partial charge is 1.00 e. The summed E-state index contributed by atoms with van der Waals surface area (Å²) in [4.78, 5) is 15.9. The van der Waals surface area contributed by atoms with E-state index in [2.05, 4.69) is 9.97 Å². The molecule has 4 rings (SSSR count). The van der Waals surface area contributed by atoms with Crippen molar-refractivity contribution in [3.63, 3.8) is 0 Å². The number of methoxy groups -OCH3 is 1. The minimum Gasteiger partial charge on any atom is -0.565 e. The Labute approximate surface area is 247 Å². The van der Waals surface area contributed by atoms with Crippen LogP contribution in [0.3, 0.4) is 0 Å². The van der Waals surface area contributed by atoms with E-state index in [0.717, 1.165) is 23.3 Å². The number of halogens is 3. The van der Waals surface area contributed by atoms with Gasteiger partial charge in [0.05, 0.1) is 24.6 Å². The van der Waals surface area contributed by atoms with Gasteiger partial charge >= 0.3 is 57.6 Å². The monoisotopic (exact) mass is 524 g/mol. The third-order valence-electron chi connectivity index (χ3n) is 4.77. The summed E-state index contributed by atoms with van der Waals surface area (Å²) in [5.41, 5.74) is 2.44. The van der Waals surface area contributed by atoms with Crippen molar-refractivity contribution in [1.29, 1.82) is 0 Å². The Kier molecular flexibility index (Phi) is 11.0. The number of hydrogen-bond acceptors (Lipinski definition) is 5. The van der Waals surface area contributed by atoms with Gasteiger partial charge in [0, 0.05) is 11.1 Å². The molecular formula is C25H20F3KN2O5. The Balaban J connectivity index is 0.000000850. The van der Waals surface area contributed by atoms with Crippen LogP contribution >= 0.6 is 0 Å². The van der Waals surface area contributed by atoms with Gasteiger partial charge in [-0.15, -0.1) is 0 Å². The van der Waals surface area contributed by atoms with Crippen molar-refractivity contribution in [1.82, 2.24) is 9.97 Å². The minimum absolute atomic E-state index is 0. The zero-order valence-corrected chi connectivity index (χ0v) is 22.5. The molecule has 0 unspecified atom stereocenters. The fourth-order valence-electron chi connectivity index (χ4n) is 3.12. The van der Waals surface area contributed by atoms with Gasteiger partial charge in [0.2, 0.25) is 6.16 Å². The molecule has 1 heterocycles. The fraction of sp³-hybridized carbons (Fsp3) is 0.120. The summed E-state index contributed by atoms with van der Waals surface area (Å²) < 4.78 is 49.6. The van der Waals surface area contributed by atoms with Crippen LogP contribution in [-0.2, 0) is 12.8 Å². The number of H-pyrrole nitrogens is 1. The first kappa shape index (κ1) is 29.4. The van der Waals surface area contributed by atoms with E-state index in [4.69, 9.17) is 24.5 Å². The molecule has 0 fully saturated rings. The molecule has 11 heteroatoms. The van der Waals surface area contributed by atoms with Gasteiger partial charge in [-0.25, -0.2) is 4.98 Å². The molecular weight excluding hydrogens is 504 g/mol. The third kappa shape index (κ3) is 8.38. The number of ether oxygens (including phenoxy) is 2. The molecule has 36 heavy (non-hydrogen) atoms. The van der Waals surface area contributed by atoms with E-state index in [1.54, 1.807) is 13.3 Å². The van der Waals surface area contributed by atoms with Crippen LogP contribution in [0.15, 0.2) is 79.0 Å². The Morgan fingerprint density at radius 3 is 2.19 bits per heavy atom. The summed E-state index contributed by atoms with van der Waals surface area (Å²) in [6, 6.07) is 20.2. The quantitative estimate of drug-likeness (QED) is 0.375. The second-order valence-corrected chi connectivity index (χ2v) is 7.13. The molecule has 0 spiro atoms. The van der Waals surface area contributed by atoms with E-state index in [9.17, 15) is 13.2 Å². The molecule has 0 aliphatic rings. The molecule has 2 N–H and O–H groups in total. The Bertz CT molecular complexity index is 1260. The van der Waals surface area contributed by atoms with E-state index in [-0.39, 0.29) is 51.4 Å². The van der Waals surface area contributed by atoms with E-state index < -0.39 is 17.9 Å². The number of hydrogen-bond donors (Lipinski definition) is 2. The third-order valence-corrected chi connectivity index (χ3v) is 4.77. The van der Waals surface area contributed by atoms with Gasteiger partial charge in [-0.3, -0.25) is 0 Å². The van der Waals surface area contributed by atoms with Gasteiger partial charge in [0.25, 0.3) is 0 Å². The van der Waals surface area contributed by atoms with Crippen molar-refractivity contribution in [2.75, 3.05) is 7.11 Å². The number of aromatic amines is 1. The summed E-state index contributed by atoms with van der Waals surface area (Å²) in [7, 11) is 1.56. The van der Waals surface area contributed by atoms with Gasteiger partial charge in [-0.1, -0.05) is 42.5 Å². The SMILES string of the molecule is COc1cc(-c2cnc(-c3ccc(C(F)(F)F)cc3)[nH]2)ccc1OCc1ccccc1.O=C([O-])O.[K+]. The molecule has 0 aliphatic carbocycles. The molecule has 0 bridgehead atoms. The predicted octanol–water partition coefficient (Wildman–Crippen LogP) is 2.24. The van der Waals surface area contributed by atoms with Crippen LogP contribution in [0, 0.1) is 0 Å². The maximum atomic E-state index is 12.8. The van der Waals surface area contributed by atoms with Crippen LogP contribution in [0.2, 0.25) is 0 Å². The number of nitrogens with one attached hydrogen (secondary N) is 1. The molecule has 0 saturated heterocycles. The molecule has 0 aliphatic heterocycles. The number of alkyl halides is 3. The molecule has 0 saturated carbocycles. The van der Waals surface area contributed by atoms with Crippen molar-refractivity contribution < 1.29 is 89.0 Å². The van der Waals surface area contributed by atoms with E-state index in [0.29, 0.717) is 35.2 Å². The fourth-order valence-corrected chi connectivity index (χ4v) is 3.12. The van der Waals surface area contributed by atoms with Gasteiger partial charge < -0.3 is 29.5 Å². The number of imidazole rings is 1. The van der Waals surface area contributed by atoms with Gasteiger partial charge in [0.1, 0.15) is 12.4 Å². The summed E-state index contributed by atoms with van der Waals surface area (Å²) in [5.74, 6) is 1.66. The molecule has 0 atom stereocenters. The van der Waals surface area contributed by atoms with Crippen LogP contribution in [0.25, 0.3) is 22.6 Å². The first-order valence-electron chi connectivity index (χ1n) is 10.1. The first-order valence-corrected chi connectivity index (χ1v) is 10.1. The Morgan fingerprint density at radius 2 is 1.61 bits per heavy atom. The average molecular weight is 525 g/mol. The zero-order chi connectivity index (χ0) is 25.4. The van der Waals surface area contributed by atoms with Crippen LogP contribution in [0.1, 0.15) is 11.1 Å². The number of rotatable bonds is 6. The maximum absolute atomic E-state index is 12.8. The van der Waals surface area contributed by atoms with Gasteiger partial charge in [-0.2, -0.15) is 13.2 Å². The molecule has 182 valence electrons. The topological polar surface area (TPSA) is 108 Å². The molecule has 7 nitrogen and oxygen atoms in total. The summed E-state index contributed by atoms with van der Waals surface area (Å²) in [6.45, 7) is 0.415. The summed E-state index contributed by atoms with van der Waals surface area (Å²) >= 11 is 0. The Hall–Kier alpha value is -2.83. The first-order chi connectivity index (χ1) is 16.7. The van der Waals surface area contributed by atoms with E-state index >= 15 is 0 Å². The standard InChI is InChI=1S/C24H19F3N2O2.CH2O3.K/c1-30-22-13-18(9-12-21(22)31-15-16-5-3-2-4-6-16)20-14-28-23(29-20)17-7-10-19(11-8-17)24(25,26)27;2-1(3)4;/h2-14H,15H2,1H3,(H,28,29);(H2,2,3,4);/q;;+1/p-1. The van der Waals surface area contributed by atoms with Crippen LogP contribution in [-0.4, -0.2) is 28.3 Å². The van der Waals surface area contributed by atoms with Crippen LogP contribution in [0.5, 0.6) is 11.5 Å². The van der Waals surface area contributed by atoms with E-state index in [1.165, 1.54) is 12.1 Å². The van der Waals surface area contributed by atoms with Gasteiger partial charge in [0.15, 0.2) is 11.5 Å². The van der Waals surface area contributed by atoms with E-state index in [1.807, 2.05) is 48.5 Å². The molecule has 1 aromatic heterocycles. The summed E-state index contributed by atoms with van der Waals surface area (Å²) in [6.07, 6.45) is -4.82. The zero-order valence-electron chi connectivity index (χ0n) is 19.4. The van der Waals surface area contributed by atoms with Crippen molar-refractivity contribution in [3.05, 3.63) is 90.1 Å². The van der Waals surface area contributed by atoms with Gasteiger partial charge in [-0.05, 0) is 35.9 Å². The number of aromatic nitrogens is 2. The molecule has 0 radical (unpaired) electrons. The number of carboxylic acid groups (broad SMARTS) is 2. The summed E-state index contributed by atoms with van der Waals surface area (Å²) in [5, 5.41) is 15.3. The number of carbonyl (C=O) groups is 1. The average Bonchev–Trinajstić information content (AvgIpc) is 3.33. The van der Waals surface area contributed by atoms with Crippen LogP contribution in [0.4, 0.5) is 18.0 Å². The minimum atomic E-state index is -4.37. The number of benzene rings is 3. The second kappa shape index (κ2) is 13.5. The molecule has 0 amide bonds. The normalized spacial score (nSPS) is 10.4. The Morgan fingerprint density at radius 1 is 1.00 bits per heavy atom. The second-order valence-electron chi connectivity index (χ2n) is 7.13. The smallest absolute Gasteiger partial charge is 0.565 e. The molecule has 4 aromatic rings. The van der Waals surface area contributed by atoms with Crippen molar-refractivity contribution >= 4 is 6.16 Å². The molecule has 3 aromatic carbocycles. The van der Waals surface area contributed by atoms with Crippen molar-refractivity contribution in [2.45, 2.75) is 12.8 Å². The number of nitrogens with zero attached hydrogens (tertiary/aromatic N) is 1.